The Morgan fingerprint density at radius 2 is 2.40 bits per heavy atom. The lowest BCUT2D eigenvalue weighted by atomic mass is 10.4. The van der Waals surface area contributed by atoms with Crippen molar-refractivity contribution in [3.8, 4) is 0 Å². The van der Waals surface area contributed by atoms with Crippen LogP contribution in [0, 0.1) is 0 Å². The molecular formula is C10H14N2O2S. The van der Waals surface area contributed by atoms with Gasteiger partial charge >= 0.3 is 6.09 Å². The number of carbonyl (C=O) groups is 1. The number of carbonyl (C=O) groups excluding carboxylic acids is 1. The summed E-state index contributed by atoms with van der Waals surface area (Å²) >= 11 is 4.03. The number of hydrogen-bond acceptors (Lipinski definition) is 4. The molecule has 0 atom stereocenters. The molecule has 0 aliphatic heterocycles. The van der Waals surface area contributed by atoms with E-state index in [-0.39, 0.29) is 6.61 Å². The average molecular weight is 226 g/mol. The molecule has 0 bridgehead atoms. The maximum atomic E-state index is 11.1. The number of nitrogens with one attached hydrogen (secondary N) is 1. The maximum absolute atomic E-state index is 11.1. The van der Waals surface area contributed by atoms with Gasteiger partial charge in [0.15, 0.2) is 0 Å². The molecule has 0 radical (unpaired) electrons. The molecular weight excluding hydrogens is 212 g/mol. The van der Waals surface area contributed by atoms with Crippen LogP contribution in [0.15, 0.2) is 24.4 Å². The monoisotopic (exact) mass is 226 g/mol. The SMILES string of the molecule is O=C(NCCCS)OCc1ccccn1. The predicted molar refractivity (Wildman–Crippen MR) is 60.9 cm³/mol. The predicted octanol–water partition coefficient (Wildman–Crippen LogP) is 1.63. The molecule has 1 amide bonds. The first kappa shape index (κ1) is 11.8. The van der Waals surface area contributed by atoms with E-state index in [0.717, 1.165) is 17.9 Å². The number of thiol groups is 1. The van der Waals surface area contributed by atoms with E-state index in [4.69, 9.17) is 4.74 Å². The van der Waals surface area contributed by atoms with Crippen LogP contribution in [0.25, 0.3) is 0 Å². The van der Waals surface area contributed by atoms with Crippen molar-refractivity contribution >= 4 is 18.7 Å². The van der Waals surface area contributed by atoms with Gasteiger partial charge in [-0.1, -0.05) is 6.07 Å². The smallest absolute Gasteiger partial charge is 0.407 e. The fraction of sp³-hybridized carbons (Fsp3) is 0.400. The van der Waals surface area contributed by atoms with Gasteiger partial charge < -0.3 is 10.1 Å². The van der Waals surface area contributed by atoms with Crippen molar-refractivity contribution in [1.82, 2.24) is 10.3 Å². The van der Waals surface area contributed by atoms with Crippen molar-refractivity contribution in [3.63, 3.8) is 0 Å². The summed E-state index contributed by atoms with van der Waals surface area (Å²) in [6.45, 7) is 0.790. The standard InChI is InChI=1S/C10H14N2O2S/c13-10(12-6-3-7-15)14-8-9-4-1-2-5-11-9/h1-2,4-5,15H,3,6-8H2,(H,12,13). The molecule has 1 N–H and O–H groups in total. The van der Waals surface area contributed by atoms with Gasteiger partial charge in [0.25, 0.3) is 0 Å². The van der Waals surface area contributed by atoms with Crippen LogP contribution in [0.1, 0.15) is 12.1 Å². The van der Waals surface area contributed by atoms with Crippen molar-refractivity contribution in [1.29, 1.82) is 0 Å². The second kappa shape index (κ2) is 7.11. The number of nitrogens with zero attached hydrogens (tertiary/aromatic N) is 1. The van der Waals surface area contributed by atoms with E-state index in [1.165, 1.54) is 0 Å². The zero-order valence-corrected chi connectivity index (χ0v) is 9.24. The maximum Gasteiger partial charge on any atom is 0.407 e. The van der Waals surface area contributed by atoms with E-state index in [2.05, 4.69) is 22.9 Å². The van der Waals surface area contributed by atoms with Gasteiger partial charge in [-0.3, -0.25) is 4.98 Å². The van der Waals surface area contributed by atoms with Gasteiger partial charge in [0.05, 0.1) is 5.69 Å². The zero-order valence-electron chi connectivity index (χ0n) is 8.35. The summed E-state index contributed by atoms with van der Waals surface area (Å²) < 4.78 is 4.94. The highest BCUT2D eigenvalue weighted by Gasteiger charge is 2.01. The lowest BCUT2D eigenvalue weighted by molar-refractivity contribution is 0.138. The third-order valence-corrected chi connectivity index (χ3v) is 2.00. The molecule has 1 aromatic rings. The average Bonchev–Trinajstić information content (AvgIpc) is 2.28. The molecule has 0 unspecified atom stereocenters. The zero-order chi connectivity index (χ0) is 10.9. The lowest BCUT2D eigenvalue weighted by Crippen LogP contribution is -2.25. The number of rotatable bonds is 5. The van der Waals surface area contributed by atoms with Gasteiger partial charge in [-0.25, -0.2) is 4.79 Å². The third-order valence-electron chi connectivity index (χ3n) is 1.68. The van der Waals surface area contributed by atoms with E-state index >= 15 is 0 Å². The Labute approximate surface area is 94.5 Å². The minimum absolute atomic E-state index is 0.202. The normalized spacial score (nSPS) is 9.67. The van der Waals surface area contributed by atoms with Gasteiger partial charge in [0.2, 0.25) is 0 Å². The van der Waals surface area contributed by atoms with Crippen LogP contribution in [0.4, 0.5) is 4.79 Å². The fourth-order valence-corrected chi connectivity index (χ4v) is 1.10. The van der Waals surface area contributed by atoms with Crippen LogP contribution in [-0.4, -0.2) is 23.4 Å². The van der Waals surface area contributed by atoms with Crippen LogP contribution in [0.5, 0.6) is 0 Å². The topological polar surface area (TPSA) is 51.2 Å². The number of pyridine rings is 1. The summed E-state index contributed by atoms with van der Waals surface area (Å²) in [5, 5.41) is 2.62. The highest BCUT2D eigenvalue weighted by molar-refractivity contribution is 7.80. The molecule has 5 heteroatoms. The van der Waals surface area contributed by atoms with Crippen molar-refractivity contribution < 1.29 is 9.53 Å². The molecule has 0 saturated heterocycles. The minimum Gasteiger partial charge on any atom is -0.443 e. The van der Waals surface area contributed by atoms with Crippen LogP contribution < -0.4 is 5.32 Å². The molecule has 0 aliphatic carbocycles. The summed E-state index contributed by atoms with van der Waals surface area (Å²) in [6.07, 6.45) is 2.08. The molecule has 0 spiro atoms. The summed E-state index contributed by atoms with van der Waals surface area (Å²) in [5.74, 6) is 0.751. The molecule has 1 aromatic heterocycles. The molecule has 0 saturated carbocycles. The van der Waals surface area contributed by atoms with Gasteiger partial charge in [0.1, 0.15) is 6.61 Å². The van der Waals surface area contributed by atoms with Crippen molar-refractivity contribution in [2.24, 2.45) is 0 Å². The largest absolute Gasteiger partial charge is 0.443 e. The third kappa shape index (κ3) is 5.27. The lowest BCUT2D eigenvalue weighted by Gasteiger charge is -2.05. The first-order valence-electron chi connectivity index (χ1n) is 4.74. The first-order chi connectivity index (χ1) is 7.33. The van der Waals surface area contributed by atoms with E-state index in [1.54, 1.807) is 12.3 Å². The van der Waals surface area contributed by atoms with Crippen LogP contribution in [0.3, 0.4) is 0 Å². The van der Waals surface area contributed by atoms with E-state index in [1.807, 2.05) is 12.1 Å². The summed E-state index contributed by atoms with van der Waals surface area (Å²) in [4.78, 5) is 15.1. The van der Waals surface area contributed by atoms with Gasteiger partial charge in [-0.15, -0.1) is 0 Å². The van der Waals surface area contributed by atoms with Gasteiger partial charge in [-0.2, -0.15) is 12.6 Å². The Hall–Kier alpha value is -1.23. The molecule has 1 heterocycles. The molecule has 15 heavy (non-hydrogen) atoms. The number of alkyl carbamates (subject to hydrolysis) is 1. The molecule has 0 fully saturated rings. The molecule has 1 rings (SSSR count). The summed E-state index contributed by atoms with van der Waals surface area (Å²) in [5.41, 5.74) is 0.738. The first-order valence-corrected chi connectivity index (χ1v) is 5.37. The molecule has 0 aliphatic rings. The highest BCUT2D eigenvalue weighted by atomic mass is 32.1. The Morgan fingerprint density at radius 1 is 1.53 bits per heavy atom. The van der Waals surface area contributed by atoms with Crippen molar-refractivity contribution in [2.45, 2.75) is 13.0 Å². The van der Waals surface area contributed by atoms with Crippen LogP contribution in [-0.2, 0) is 11.3 Å². The van der Waals surface area contributed by atoms with E-state index in [0.29, 0.717) is 6.54 Å². The Balaban J connectivity index is 2.17. The number of ether oxygens (including phenoxy) is 1. The minimum atomic E-state index is -0.414. The van der Waals surface area contributed by atoms with Crippen LogP contribution >= 0.6 is 12.6 Å². The second-order valence-corrected chi connectivity index (χ2v) is 3.35. The number of aromatic nitrogens is 1. The molecule has 4 nitrogen and oxygen atoms in total. The summed E-state index contributed by atoms with van der Waals surface area (Å²) in [6, 6.07) is 5.47. The Bertz CT molecular complexity index is 293. The van der Waals surface area contributed by atoms with E-state index in [9.17, 15) is 4.79 Å². The van der Waals surface area contributed by atoms with Gasteiger partial charge in [0, 0.05) is 12.7 Å². The highest BCUT2D eigenvalue weighted by Crippen LogP contribution is 1.95. The molecule has 0 aromatic carbocycles. The Morgan fingerprint density at radius 3 is 3.07 bits per heavy atom. The quantitative estimate of drug-likeness (QED) is 0.592. The number of amides is 1. The van der Waals surface area contributed by atoms with Gasteiger partial charge in [-0.05, 0) is 24.3 Å². The second-order valence-electron chi connectivity index (χ2n) is 2.90. The van der Waals surface area contributed by atoms with Crippen molar-refractivity contribution in [2.75, 3.05) is 12.3 Å². The molecule has 82 valence electrons. The Kier molecular flexibility index (Phi) is 5.62. The van der Waals surface area contributed by atoms with Crippen LogP contribution in [0.2, 0.25) is 0 Å². The van der Waals surface area contributed by atoms with E-state index < -0.39 is 6.09 Å². The van der Waals surface area contributed by atoms with Crippen molar-refractivity contribution in [3.05, 3.63) is 30.1 Å². The fourth-order valence-electron chi connectivity index (χ4n) is 0.944. The summed E-state index contributed by atoms with van der Waals surface area (Å²) in [7, 11) is 0. The number of hydrogen-bond donors (Lipinski definition) is 2.